The van der Waals surface area contributed by atoms with Gasteiger partial charge < -0.3 is 5.32 Å². The molecule has 1 N–H and O–H groups in total. The van der Waals surface area contributed by atoms with Gasteiger partial charge in [0.05, 0.1) is 4.47 Å². The minimum absolute atomic E-state index is 0.656. The van der Waals surface area contributed by atoms with Gasteiger partial charge in [0, 0.05) is 13.2 Å². The molecule has 3 rings (SSSR count). The fraction of sp³-hybridized carbons (Fsp3) is 0.400. The van der Waals surface area contributed by atoms with Crippen molar-refractivity contribution in [3.63, 3.8) is 0 Å². The minimum Gasteiger partial charge on any atom is -0.356 e. The highest BCUT2D eigenvalue weighted by Crippen LogP contribution is 2.41. The summed E-state index contributed by atoms with van der Waals surface area (Å²) in [6.45, 7) is 0. The number of aromatic nitrogens is 3. The van der Waals surface area contributed by atoms with Crippen LogP contribution in [0.2, 0.25) is 0 Å². The SMILES string of the molecule is CNc1nc2c(Br)cc(C3CC3)cn2n1. The van der Waals surface area contributed by atoms with E-state index in [1.165, 1.54) is 18.4 Å². The fourth-order valence-electron chi connectivity index (χ4n) is 1.71. The Morgan fingerprint density at radius 1 is 1.53 bits per heavy atom. The Hall–Kier alpha value is -1.10. The molecule has 5 heteroatoms. The highest BCUT2D eigenvalue weighted by molar-refractivity contribution is 9.10. The molecule has 0 amide bonds. The molecule has 0 spiro atoms. The number of hydrogen-bond acceptors (Lipinski definition) is 3. The van der Waals surface area contributed by atoms with E-state index in [4.69, 9.17) is 0 Å². The van der Waals surface area contributed by atoms with Crippen molar-refractivity contribution in [2.75, 3.05) is 12.4 Å². The van der Waals surface area contributed by atoms with E-state index in [9.17, 15) is 0 Å². The van der Waals surface area contributed by atoms with Gasteiger partial charge in [0.2, 0.25) is 5.95 Å². The average Bonchev–Trinajstić information content (AvgIpc) is 2.98. The van der Waals surface area contributed by atoms with Crippen LogP contribution in [0.1, 0.15) is 24.3 Å². The maximum Gasteiger partial charge on any atom is 0.242 e. The fourth-order valence-corrected chi connectivity index (χ4v) is 2.25. The summed E-state index contributed by atoms with van der Waals surface area (Å²) in [4.78, 5) is 4.35. The molecule has 0 aromatic carbocycles. The summed E-state index contributed by atoms with van der Waals surface area (Å²) in [7, 11) is 1.82. The lowest BCUT2D eigenvalue weighted by atomic mass is 10.2. The van der Waals surface area contributed by atoms with Crippen molar-refractivity contribution < 1.29 is 0 Å². The van der Waals surface area contributed by atoms with Gasteiger partial charge in [-0.1, -0.05) is 0 Å². The van der Waals surface area contributed by atoms with Gasteiger partial charge in [0.15, 0.2) is 5.65 Å². The molecule has 78 valence electrons. The maximum atomic E-state index is 4.35. The van der Waals surface area contributed by atoms with Crippen LogP contribution < -0.4 is 5.32 Å². The number of pyridine rings is 1. The molecule has 2 heterocycles. The Bertz CT molecular complexity index is 515. The Labute approximate surface area is 95.8 Å². The van der Waals surface area contributed by atoms with E-state index >= 15 is 0 Å². The van der Waals surface area contributed by atoms with Crippen LogP contribution in [0.15, 0.2) is 16.7 Å². The smallest absolute Gasteiger partial charge is 0.242 e. The van der Waals surface area contributed by atoms with Gasteiger partial charge in [0.25, 0.3) is 0 Å². The van der Waals surface area contributed by atoms with E-state index in [0.29, 0.717) is 5.95 Å². The molecule has 1 saturated carbocycles. The van der Waals surface area contributed by atoms with E-state index < -0.39 is 0 Å². The molecule has 0 bridgehead atoms. The van der Waals surface area contributed by atoms with Crippen LogP contribution in [0.4, 0.5) is 5.95 Å². The number of nitrogens with one attached hydrogen (secondary N) is 1. The van der Waals surface area contributed by atoms with Crippen molar-refractivity contribution in [2.45, 2.75) is 18.8 Å². The standard InChI is InChI=1S/C10H11BrN4/c1-12-10-13-9-8(11)4-7(6-2-3-6)5-15(9)14-10/h4-6H,2-3H2,1H3,(H,12,14). The van der Waals surface area contributed by atoms with Crippen molar-refractivity contribution in [1.29, 1.82) is 0 Å². The molecule has 4 nitrogen and oxygen atoms in total. The van der Waals surface area contributed by atoms with Gasteiger partial charge in [-0.25, -0.2) is 4.52 Å². The van der Waals surface area contributed by atoms with Gasteiger partial charge in [-0.3, -0.25) is 0 Å². The average molecular weight is 267 g/mol. The number of nitrogens with zero attached hydrogens (tertiary/aromatic N) is 3. The molecule has 1 fully saturated rings. The van der Waals surface area contributed by atoms with Gasteiger partial charge >= 0.3 is 0 Å². The van der Waals surface area contributed by atoms with Crippen molar-refractivity contribution in [2.24, 2.45) is 0 Å². The topological polar surface area (TPSA) is 42.2 Å². The second-order valence-corrected chi connectivity index (χ2v) is 4.70. The van der Waals surface area contributed by atoms with Gasteiger partial charge in [-0.15, -0.1) is 5.10 Å². The van der Waals surface area contributed by atoms with Crippen molar-refractivity contribution in [1.82, 2.24) is 14.6 Å². The molecule has 0 radical (unpaired) electrons. The van der Waals surface area contributed by atoms with E-state index in [2.05, 4.69) is 43.6 Å². The number of anilines is 1. The zero-order chi connectivity index (χ0) is 10.4. The summed E-state index contributed by atoms with van der Waals surface area (Å²) in [5.41, 5.74) is 2.21. The summed E-state index contributed by atoms with van der Waals surface area (Å²) in [6, 6.07) is 2.15. The van der Waals surface area contributed by atoms with E-state index in [0.717, 1.165) is 16.0 Å². The Morgan fingerprint density at radius 2 is 2.33 bits per heavy atom. The summed E-state index contributed by atoms with van der Waals surface area (Å²) in [5, 5.41) is 7.27. The van der Waals surface area contributed by atoms with Crippen LogP contribution in [0, 0.1) is 0 Å². The number of rotatable bonds is 2. The van der Waals surface area contributed by atoms with Gasteiger partial charge in [-0.2, -0.15) is 4.98 Å². The van der Waals surface area contributed by atoms with E-state index in [-0.39, 0.29) is 0 Å². The summed E-state index contributed by atoms with van der Waals surface area (Å²) < 4.78 is 2.85. The van der Waals surface area contributed by atoms with Crippen LogP contribution in [0.3, 0.4) is 0 Å². The van der Waals surface area contributed by atoms with E-state index in [1.807, 2.05) is 11.6 Å². The van der Waals surface area contributed by atoms with Crippen LogP contribution in [0.5, 0.6) is 0 Å². The van der Waals surface area contributed by atoms with Gasteiger partial charge in [-0.05, 0) is 46.3 Å². The molecular formula is C10H11BrN4. The first-order valence-electron chi connectivity index (χ1n) is 5.01. The molecule has 0 atom stereocenters. The first kappa shape index (κ1) is 9.15. The highest BCUT2D eigenvalue weighted by atomic mass is 79.9. The largest absolute Gasteiger partial charge is 0.356 e. The molecule has 0 saturated heterocycles. The molecule has 1 aliphatic carbocycles. The number of fused-ring (bicyclic) bond motifs is 1. The van der Waals surface area contributed by atoms with Crippen LogP contribution >= 0.6 is 15.9 Å². The zero-order valence-electron chi connectivity index (χ0n) is 8.37. The molecule has 2 aromatic rings. The molecular weight excluding hydrogens is 256 g/mol. The Kier molecular flexibility index (Phi) is 1.95. The first-order valence-corrected chi connectivity index (χ1v) is 5.81. The third-order valence-electron chi connectivity index (χ3n) is 2.68. The van der Waals surface area contributed by atoms with Crippen LogP contribution in [0.25, 0.3) is 5.65 Å². The van der Waals surface area contributed by atoms with E-state index in [1.54, 1.807) is 0 Å². The minimum atomic E-state index is 0.656. The second-order valence-electron chi connectivity index (χ2n) is 3.85. The maximum absolute atomic E-state index is 4.35. The lowest BCUT2D eigenvalue weighted by Crippen LogP contribution is -1.93. The first-order chi connectivity index (χ1) is 7.28. The zero-order valence-corrected chi connectivity index (χ0v) is 9.95. The monoisotopic (exact) mass is 266 g/mol. The molecule has 2 aromatic heterocycles. The summed E-state index contributed by atoms with van der Waals surface area (Å²) >= 11 is 3.54. The third-order valence-corrected chi connectivity index (χ3v) is 3.27. The second kappa shape index (κ2) is 3.20. The lowest BCUT2D eigenvalue weighted by molar-refractivity contribution is 0.931. The van der Waals surface area contributed by atoms with Crippen LogP contribution in [-0.4, -0.2) is 21.6 Å². The normalized spacial score (nSPS) is 15.9. The lowest BCUT2D eigenvalue weighted by Gasteiger charge is -2.00. The quantitative estimate of drug-likeness (QED) is 0.908. The van der Waals surface area contributed by atoms with Gasteiger partial charge in [0.1, 0.15) is 0 Å². The Balaban J connectivity index is 2.20. The van der Waals surface area contributed by atoms with Crippen molar-refractivity contribution in [3.05, 3.63) is 22.3 Å². The molecule has 0 unspecified atom stereocenters. The van der Waals surface area contributed by atoms with Crippen molar-refractivity contribution >= 4 is 27.5 Å². The van der Waals surface area contributed by atoms with Crippen molar-refractivity contribution in [3.8, 4) is 0 Å². The number of hydrogen-bond donors (Lipinski definition) is 1. The predicted molar refractivity (Wildman–Crippen MR) is 62.2 cm³/mol. The third kappa shape index (κ3) is 1.51. The number of halogens is 1. The molecule has 15 heavy (non-hydrogen) atoms. The summed E-state index contributed by atoms with van der Waals surface area (Å²) in [5.74, 6) is 1.39. The summed E-state index contributed by atoms with van der Waals surface area (Å²) in [6.07, 6.45) is 4.67. The Morgan fingerprint density at radius 3 is 3.00 bits per heavy atom. The van der Waals surface area contributed by atoms with Crippen LogP contribution in [-0.2, 0) is 0 Å². The molecule has 0 aliphatic heterocycles. The predicted octanol–water partition coefficient (Wildman–Crippen LogP) is 2.41. The highest BCUT2D eigenvalue weighted by Gasteiger charge is 2.24. The molecule has 1 aliphatic rings.